The molecule has 1 aromatic carbocycles. The van der Waals surface area contributed by atoms with Crippen LogP contribution in [0.2, 0.25) is 0 Å². The molecule has 1 aliphatic heterocycles. The fourth-order valence-electron chi connectivity index (χ4n) is 1.63. The number of aliphatic hydroxyl groups excluding tert-OH is 1. The Bertz CT molecular complexity index is 394. The van der Waals surface area contributed by atoms with Crippen molar-refractivity contribution in [1.82, 2.24) is 5.32 Å². The van der Waals surface area contributed by atoms with Crippen LogP contribution in [-0.4, -0.2) is 30.2 Å². The van der Waals surface area contributed by atoms with Crippen LogP contribution in [0.3, 0.4) is 0 Å². The number of phenols is 1. The molecule has 0 radical (unpaired) electrons. The number of ether oxygens (including phenoxy) is 2. The van der Waals surface area contributed by atoms with Crippen LogP contribution >= 0.6 is 0 Å². The zero-order chi connectivity index (χ0) is 12.3. The SMILES string of the molecule is CC(CO)CNCc1cc2c(cc1O)OCO2. The first-order valence-corrected chi connectivity index (χ1v) is 5.63. The Morgan fingerprint density at radius 3 is 2.76 bits per heavy atom. The summed E-state index contributed by atoms with van der Waals surface area (Å²) in [5, 5.41) is 21.8. The van der Waals surface area contributed by atoms with Gasteiger partial charge in [-0.15, -0.1) is 0 Å². The van der Waals surface area contributed by atoms with Gasteiger partial charge in [-0.1, -0.05) is 6.92 Å². The van der Waals surface area contributed by atoms with E-state index < -0.39 is 0 Å². The highest BCUT2D eigenvalue weighted by Gasteiger charge is 2.16. The minimum Gasteiger partial charge on any atom is -0.507 e. The van der Waals surface area contributed by atoms with E-state index in [9.17, 15) is 5.11 Å². The van der Waals surface area contributed by atoms with Gasteiger partial charge in [0.1, 0.15) is 5.75 Å². The first-order valence-electron chi connectivity index (χ1n) is 5.63. The third kappa shape index (κ3) is 2.81. The minimum absolute atomic E-state index is 0.153. The summed E-state index contributed by atoms with van der Waals surface area (Å²) in [6.07, 6.45) is 0. The fourth-order valence-corrected chi connectivity index (χ4v) is 1.63. The van der Waals surface area contributed by atoms with Crippen molar-refractivity contribution in [3.8, 4) is 17.2 Å². The smallest absolute Gasteiger partial charge is 0.231 e. The predicted molar refractivity (Wildman–Crippen MR) is 62.2 cm³/mol. The highest BCUT2D eigenvalue weighted by molar-refractivity contribution is 5.51. The lowest BCUT2D eigenvalue weighted by atomic mass is 10.1. The van der Waals surface area contributed by atoms with Crippen LogP contribution in [-0.2, 0) is 6.54 Å². The summed E-state index contributed by atoms with van der Waals surface area (Å²) < 4.78 is 10.4. The van der Waals surface area contributed by atoms with Crippen LogP contribution in [0, 0.1) is 5.92 Å². The van der Waals surface area contributed by atoms with Crippen LogP contribution in [0.25, 0.3) is 0 Å². The van der Waals surface area contributed by atoms with Crippen LogP contribution in [0.5, 0.6) is 17.2 Å². The number of benzene rings is 1. The quantitative estimate of drug-likeness (QED) is 0.710. The van der Waals surface area contributed by atoms with Crippen molar-refractivity contribution in [2.45, 2.75) is 13.5 Å². The molecular formula is C12H17NO4. The molecule has 0 aromatic heterocycles. The molecule has 0 spiro atoms. The summed E-state index contributed by atoms with van der Waals surface area (Å²) >= 11 is 0. The summed E-state index contributed by atoms with van der Waals surface area (Å²) in [5.74, 6) is 1.63. The van der Waals surface area contributed by atoms with Gasteiger partial charge in [-0.2, -0.15) is 0 Å². The molecule has 1 unspecified atom stereocenters. The lowest BCUT2D eigenvalue weighted by Gasteiger charge is -2.11. The molecule has 17 heavy (non-hydrogen) atoms. The second kappa shape index (κ2) is 5.25. The molecule has 2 rings (SSSR count). The average Bonchev–Trinajstić information content (AvgIpc) is 2.76. The maximum atomic E-state index is 9.77. The highest BCUT2D eigenvalue weighted by Crippen LogP contribution is 2.37. The molecule has 94 valence electrons. The Morgan fingerprint density at radius 2 is 2.06 bits per heavy atom. The number of hydrogen-bond acceptors (Lipinski definition) is 5. The molecule has 1 aromatic rings. The topological polar surface area (TPSA) is 71.0 Å². The van der Waals surface area contributed by atoms with Crippen LogP contribution < -0.4 is 14.8 Å². The van der Waals surface area contributed by atoms with Gasteiger partial charge < -0.3 is 25.0 Å². The van der Waals surface area contributed by atoms with Gasteiger partial charge in [0.15, 0.2) is 11.5 Å². The van der Waals surface area contributed by atoms with Gasteiger partial charge in [-0.3, -0.25) is 0 Å². The van der Waals surface area contributed by atoms with E-state index in [4.69, 9.17) is 14.6 Å². The van der Waals surface area contributed by atoms with Gasteiger partial charge in [0.25, 0.3) is 0 Å². The van der Waals surface area contributed by atoms with Gasteiger partial charge in [-0.25, -0.2) is 0 Å². The van der Waals surface area contributed by atoms with Crippen molar-refractivity contribution in [2.24, 2.45) is 5.92 Å². The van der Waals surface area contributed by atoms with Crippen molar-refractivity contribution >= 4 is 0 Å². The molecule has 0 saturated heterocycles. The van der Waals surface area contributed by atoms with Crippen LogP contribution in [0.1, 0.15) is 12.5 Å². The van der Waals surface area contributed by atoms with E-state index in [2.05, 4.69) is 5.32 Å². The van der Waals surface area contributed by atoms with E-state index >= 15 is 0 Å². The van der Waals surface area contributed by atoms with Gasteiger partial charge in [0.2, 0.25) is 6.79 Å². The maximum Gasteiger partial charge on any atom is 0.231 e. The lowest BCUT2D eigenvalue weighted by Crippen LogP contribution is -2.22. The summed E-state index contributed by atoms with van der Waals surface area (Å²) in [5.41, 5.74) is 0.763. The van der Waals surface area contributed by atoms with Gasteiger partial charge in [0.05, 0.1) is 0 Å². The Kier molecular flexibility index (Phi) is 3.71. The predicted octanol–water partition coefficient (Wildman–Crippen LogP) is 0.839. The molecule has 1 atom stereocenters. The van der Waals surface area contributed by atoms with Crippen LogP contribution in [0.15, 0.2) is 12.1 Å². The molecule has 5 heteroatoms. The zero-order valence-corrected chi connectivity index (χ0v) is 9.77. The molecule has 0 fully saturated rings. The fraction of sp³-hybridized carbons (Fsp3) is 0.500. The number of nitrogens with one attached hydrogen (secondary N) is 1. The molecule has 1 aliphatic rings. The molecule has 5 nitrogen and oxygen atoms in total. The lowest BCUT2D eigenvalue weighted by molar-refractivity contribution is 0.174. The third-order valence-electron chi connectivity index (χ3n) is 2.69. The first-order chi connectivity index (χ1) is 8.20. The summed E-state index contributed by atoms with van der Waals surface area (Å²) in [4.78, 5) is 0. The van der Waals surface area contributed by atoms with E-state index in [1.165, 1.54) is 0 Å². The van der Waals surface area contributed by atoms with Crippen LogP contribution in [0.4, 0.5) is 0 Å². The van der Waals surface area contributed by atoms with Crippen molar-refractivity contribution in [3.05, 3.63) is 17.7 Å². The normalized spacial score (nSPS) is 14.9. The molecule has 1 heterocycles. The third-order valence-corrected chi connectivity index (χ3v) is 2.69. The number of aliphatic hydroxyl groups is 1. The molecule has 0 amide bonds. The molecule has 0 aliphatic carbocycles. The molecule has 0 saturated carbocycles. The Labute approximate surface area is 100.0 Å². The average molecular weight is 239 g/mol. The van der Waals surface area contributed by atoms with Crippen molar-refractivity contribution in [1.29, 1.82) is 0 Å². The van der Waals surface area contributed by atoms with Gasteiger partial charge >= 0.3 is 0 Å². The van der Waals surface area contributed by atoms with Crippen molar-refractivity contribution < 1.29 is 19.7 Å². The van der Waals surface area contributed by atoms with Crippen molar-refractivity contribution in [3.63, 3.8) is 0 Å². The van der Waals surface area contributed by atoms with Crippen molar-refractivity contribution in [2.75, 3.05) is 19.9 Å². The summed E-state index contributed by atoms with van der Waals surface area (Å²) in [6.45, 7) is 3.54. The Hall–Kier alpha value is -1.46. The monoisotopic (exact) mass is 239 g/mol. The highest BCUT2D eigenvalue weighted by atomic mass is 16.7. The largest absolute Gasteiger partial charge is 0.507 e. The Morgan fingerprint density at radius 1 is 1.35 bits per heavy atom. The van der Waals surface area contributed by atoms with Gasteiger partial charge in [-0.05, 0) is 12.0 Å². The second-order valence-electron chi connectivity index (χ2n) is 4.25. The number of phenolic OH excluding ortho intramolecular Hbond substituents is 1. The number of hydrogen-bond donors (Lipinski definition) is 3. The summed E-state index contributed by atoms with van der Waals surface area (Å²) in [6, 6.07) is 3.34. The Balaban J connectivity index is 1.97. The maximum absolute atomic E-state index is 9.77. The second-order valence-corrected chi connectivity index (χ2v) is 4.25. The van der Waals surface area contributed by atoms with E-state index in [1.54, 1.807) is 12.1 Å². The number of aromatic hydroxyl groups is 1. The number of rotatable bonds is 5. The van der Waals surface area contributed by atoms with E-state index in [0.717, 1.165) is 5.56 Å². The minimum atomic E-state index is 0.153. The number of fused-ring (bicyclic) bond motifs is 1. The zero-order valence-electron chi connectivity index (χ0n) is 9.77. The van der Waals surface area contributed by atoms with E-state index in [-0.39, 0.29) is 25.1 Å². The van der Waals surface area contributed by atoms with E-state index in [1.807, 2.05) is 6.92 Å². The summed E-state index contributed by atoms with van der Waals surface area (Å²) in [7, 11) is 0. The van der Waals surface area contributed by atoms with E-state index in [0.29, 0.717) is 24.6 Å². The first kappa shape index (κ1) is 12.0. The molecular weight excluding hydrogens is 222 g/mol. The van der Waals surface area contributed by atoms with Gasteiger partial charge in [0, 0.05) is 31.3 Å². The standard InChI is InChI=1S/C12H17NO4/c1-8(6-14)4-13-5-9-2-11-12(3-10(9)15)17-7-16-11/h2-3,8,13-15H,4-7H2,1H3. The molecule has 3 N–H and O–H groups in total. The molecule has 0 bridgehead atoms.